The predicted octanol–water partition coefficient (Wildman–Crippen LogP) is 5.34. The lowest BCUT2D eigenvalue weighted by Gasteiger charge is -2.25. The first-order valence-corrected chi connectivity index (χ1v) is 10.9. The summed E-state index contributed by atoms with van der Waals surface area (Å²) in [5.74, 6) is -1.53. The molecule has 1 aliphatic rings. The van der Waals surface area contributed by atoms with Crippen LogP contribution < -0.4 is 0 Å². The third kappa shape index (κ3) is 4.94. The third-order valence-electron chi connectivity index (χ3n) is 4.84. The topological polar surface area (TPSA) is 66.8 Å². The second-order valence-corrected chi connectivity index (χ2v) is 8.68. The number of halogens is 2. The van der Waals surface area contributed by atoms with Crippen molar-refractivity contribution in [2.24, 2.45) is 0 Å². The molecule has 1 saturated heterocycles. The van der Waals surface area contributed by atoms with Gasteiger partial charge in [0.1, 0.15) is 5.76 Å². The van der Waals surface area contributed by atoms with Crippen molar-refractivity contribution in [2.75, 3.05) is 13.2 Å². The van der Waals surface area contributed by atoms with Gasteiger partial charge in [-0.1, -0.05) is 39.7 Å². The third-order valence-corrected chi connectivity index (χ3v) is 5.62. The van der Waals surface area contributed by atoms with Crippen molar-refractivity contribution in [1.82, 2.24) is 4.90 Å². The number of carbonyl (C=O) groups is 2. The summed E-state index contributed by atoms with van der Waals surface area (Å²) in [6.45, 7) is 4.71. The molecule has 0 bridgehead atoms. The number of hydrogen-bond acceptors (Lipinski definition) is 4. The highest BCUT2D eigenvalue weighted by Gasteiger charge is 2.45. The maximum Gasteiger partial charge on any atom is 0.295 e. The minimum Gasteiger partial charge on any atom is -0.507 e. The number of carbonyl (C=O) groups excluding carboxylic acids is 2. The molecule has 0 aliphatic carbocycles. The minimum absolute atomic E-state index is 0.0782. The maximum atomic E-state index is 12.9. The number of likely N-dealkylation sites (tertiary alicyclic amines) is 1. The summed E-state index contributed by atoms with van der Waals surface area (Å²) in [5.41, 5.74) is 1.26. The van der Waals surface area contributed by atoms with Gasteiger partial charge in [0.05, 0.1) is 17.7 Å². The Morgan fingerprint density at radius 1 is 1.13 bits per heavy atom. The van der Waals surface area contributed by atoms with Crippen molar-refractivity contribution in [2.45, 2.75) is 32.4 Å². The quantitative estimate of drug-likeness (QED) is 0.245. The van der Waals surface area contributed by atoms with Crippen LogP contribution in [0.1, 0.15) is 37.4 Å². The van der Waals surface area contributed by atoms with Crippen LogP contribution in [0.2, 0.25) is 5.02 Å². The molecule has 2 aromatic rings. The molecular formula is C23H23BrClNO4. The van der Waals surface area contributed by atoms with Gasteiger partial charge in [-0.3, -0.25) is 9.59 Å². The van der Waals surface area contributed by atoms with E-state index in [9.17, 15) is 14.7 Å². The number of amides is 1. The van der Waals surface area contributed by atoms with E-state index >= 15 is 0 Å². The van der Waals surface area contributed by atoms with Gasteiger partial charge in [-0.2, -0.15) is 0 Å². The Morgan fingerprint density at radius 2 is 1.77 bits per heavy atom. The zero-order valence-electron chi connectivity index (χ0n) is 16.8. The van der Waals surface area contributed by atoms with Gasteiger partial charge < -0.3 is 14.7 Å². The van der Waals surface area contributed by atoms with Crippen molar-refractivity contribution in [1.29, 1.82) is 0 Å². The number of hydrogen-bond donors (Lipinski definition) is 1. The summed E-state index contributed by atoms with van der Waals surface area (Å²) in [4.78, 5) is 27.3. The maximum absolute atomic E-state index is 12.9. The number of rotatable bonds is 7. The van der Waals surface area contributed by atoms with E-state index < -0.39 is 17.7 Å². The average molecular weight is 493 g/mol. The zero-order valence-corrected chi connectivity index (χ0v) is 19.1. The Labute approximate surface area is 189 Å². The second kappa shape index (κ2) is 9.77. The Kier molecular flexibility index (Phi) is 7.34. The summed E-state index contributed by atoms with van der Waals surface area (Å²) in [6, 6.07) is 13.2. The molecule has 1 amide bonds. The normalized spacial score (nSPS) is 18.4. The van der Waals surface area contributed by atoms with Crippen LogP contribution in [-0.4, -0.2) is 41.0 Å². The van der Waals surface area contributed by atoms with E-state index in [1.165, 1.54) is 4.90 Å². The molecule has 1 aliphatic heterocycles. The lowest BCUT2D eigenvalue weighted by atomic mass is 9.95. The van der Waals surface area contributed by atoms with E-state index in [2.05, 4.69) is 15.9 Å². The summed E-state index contributed by atoms with van der Waals surface area (Å²) < 4.78 is 6.45. The highest BCUT2D eigenvalue weighted by Crippen LogP contribution is 2.39. The minimum atomic E-state index is -0.694. The number of benzene rings is 2. The SMILES string of the molecule is CC(C)OCCCN1C(=O)C(=O)C(=C(O)c2ccc(Cl)cc2)[C@@H]1c1ccc(Br)cc1. The van der Waals surface area contributed by atoms with E-state index in [0.29, 0.717) is 30.2 Å². The zero-order chi connectivity index (χ0) is 21.8. The highest BCUT2D eigenvalue weighted by molar-refractivity contribution is 9.10. The van der Waals surface area contributed by atoms with Crippen molar-refractivity contribution in [3.8, 4) is 0 Å². The molecule has 30 heavy (non-hydrogen) atoms. The van der Waals surface area contributed by atoms with E-state index in [0.717, 1.165) is 10.0 Å². The molecule has 1 atom stereocenters. The van der Waals surface area contributed by atoms with Crippen LogP contribution in [0.25, 0.3) is 5.76 Å². The fourth-order valence-corrected chi connectivity index (χ4v) is 3.81. The van der Waals surface area contributed by atoms with E-state index in [4.69, 9.17) is 16.3 Å². The summed E-state index contributed by atoms with van der Waals surface area (Å²) >= 11 is 9.35. The van der Waals surface area contributed by atoms with E-state index in [1.807, 2.05) is 38.1 Å². The lowest BCUT2D eigenvalue weighted by Crippen LogP contribution is -2.31. The molecule has 7 heteroatoms. The van der Waals surface area contributed by atoms with Gasteiger partial charge in [0.25, 0.3) is 11.7 Å². The van der Waals surface area contributed by atoms with Crippen LogP contribution in [0.3, 0.4) is 0 Å². The number of ether oxygens (including phenoxy) is 1. The standard InChI is InChI=1S/C23H23BrClNO4/c1-14(2)30-13-3-12-26-20(15-4-8-17(24)9-5-15)19(22(28)23(26)29)21(27)16-6-10-18(25)11-7-16/h4-11,14,20,27H,3,12-13H2,1-2H3/t20-/m0/s1. The average Bonchev–Trinajstić information content (AvgIpc) is 2.96. The fraction of sp³-hybridized carbons (Fsp3) is 0.304. The predicted molar refractivity (Wildman–Crippen MR) is 120 cm³/mol. The molecule has 2 aromatic carbocycles. The molecule has 158 valence electrons. The molecule has 1 N–H and O–H groups in total. The van der Waals surface area contributed by atoms with Crippen molar-refractivity contribution < 1.29 is 19.4 Å². The number of nitrogens with zero attached hydrogens (tertiary/aromatic N) is 1. The van der Waals surface area contributed by atoms with Crippen LogP contribution in [0, 0.1) is 0 Å². The number of aliphatic hydroxyl groups is 1. The first-order chi connectivity index (χ1) is 14.3. The molecule has 3 rings (SSSR count). The molecule has 0 unspecified atom stereocenters. The van der Waals surface area contributed by atoms with Gasteiger partial charge in [0.15, 0.2) is 0 Å². The van der Waals surface area contributed by atoms with Gasteiger partial charge in [-0.25, -0.2) is 0 Å². The Hall–Kier alpha value is -2.15. The van der Waals surface area contributed by atoms with Crippen LogP contribution in [0.4, 0.5) is 0 Å². The van der Waals surface area contributed by atoms with Crippen molar-refractivity contribution in [3.63, 3.8) is 0 Å². The molecule has 0 aromatic heterocycles. The van der Waals surface area contributed by atoms with Crippen LogP contribution in [0.5, 0.6) is 0 Å². The van der Waals surface area contributed by atoms with Gasteiger partial charge in [0, 0.05) is 28.2 Å². The molecule has 5 nitrogen and oxygen atoms in total. The van der Waals surface area contributed by atoms with Gasteiger partial charge in [-0.15, -0.1) is 0 Å². The van der Waals surface area contributed by atoms with Gasteiger partial charge >= 0.3 is 0 Å². The summed E-state index contributed by atoms with van der Waals surface area (Å²) in [7, 11) is 0. The first-order valence-electron chi connectivity index (χ1n) is 9.71. The molecule has 0 radical (unpaired) electrons. The van der Waals surface area contributed by atoms with E-state index in [1.54, 1.807) is 24.3 Å². The van der Waals surface area contributed by atoms with Crippen LogP contribution >= 0.6 is 27.5 Å². The molecular weight excluding hydrogens is 470 g/mol. The first kappa shape index (κ1) is 22.5. The number of ketones is 1. The molecule has 1 heterocycles. The summed E-state index contributed by atoms with van der Waals surface area (Å²) in [6.07, 6.45) is 0.673. The van der Waals surface area contributed by atoms with E-state index in [-0.39, 0.29) is 17.4 Å². The lowest BCUT2D eigenvalue weighted by molar-refractivity contribution is -0.140. The number of aliphatic hydroxyl groups excluding tert-OH is 1. The smallest absolute Gasteiger partial charge is 0.295 e. The van der Waals surface area contributed by atoms with Crippen molar-refractivity contribution >= 4 is 45.0 Å². The Morgan fingerprint density at radius 3 is 2.37 bits per heavy atom. The highest BCUT2D eigenvalue weighted by atomic mass is 79.9. The van der Waals surface area contributed by atoms with Gasteiger partial charge in [0.2, 0.25) is 0 Å². The van der Waals surface area contributed by atoms with Crippen LogP contribution in [-0.2, 0) is 14.3 Å². The largest absolute Gasteiger partial charge is 0.507 e. The summed E-state index contributed by atoms with van der Waals surface area (Å²) in [5, 5.41) is 11.5. The van der Waals surface area contributed by atoms with Gasteiger partial charge in [-0.05, 0) is 62.2 Å². The molecule has 0 spiro atoms. The molecule has 1 fully saturated rings. The Balaban J connectivity index is 2.01. The monoisotopic (exact) mass is 491 g/mol. The fourth-order valence-electron chi connectivity index (χ4n) is 3.42. The van der Waals surface area contributed by atoms with Crippen molar-refractivity contribution in [3.05, 3.63) is 74.7 Å². The molecule has 0 saturated carbocycles. The number of Topliss-reactive ketones (excluding diaryl/α,β-unsaturated/α-hetero) is 1. The van der Waals surface area contributed by atoms with Crippen LogP contribution in [0.15, 0.2) is 58.6 Å². The second-order valence-electron chi connectivity index (χ2n) is 7.32. The Bertz CT molecular complexity index is 954.